The number of anilines is 1. The van der Waals surface area contributed by atoms with Crippen molar-refractivity contribution in [2.24, 2.45) is 0 Å². The van der Waals surface area contributed by atoms with Crippen molar-refractivity contribution in [3.8, 4) is 0 Å². The minimum atomic E-state index is -3.84. The molecule has 2 rings (SSSR count). The molecular formula is C13H9INO4S-. The number of carboxylic acid groups (broad SMARTS) is 1. The van der Waals surface area contributed by atoms with Gasteiger partial charge in [-0.3, -0.25) is 4.72 Å². The van der Waals surface area contributed by atoms with Crippen LogP contribution in [0.15, 0.2) is 53.4 Å². The topological polar surface area (TPSA) is 86.3 Å². The maximum atomic E-state index is 12.2. The number of para-hydroxylation sites is 1. The Kier molecular flexibility index (Phi) is 4.29. The summed E-state index contributed by atoms with van der Waals surface area (Å²) >= 11 is 2.01. The van der Waals surface area contributed by atoms with E-state index >= 15 is 0 Å². The van der Waals surface area contributed by atoms with Gasteiger partial charge in [-0.05, 0) is 52.4 Å². The molecule has 0 spiro atoms. The summed E-state index contributed by atoms with van der Waals surface area (Å²) in [6, 6.07) is 11.9. The third kappa shape index (κ3) is 3.28. The van der Waals surface area contributed by atoms with Gasteiger partial charge in [0.25, 0.3) is 10.0 Å². The number of hydrogen-bond acceptors (Lipinski definition) is 4. The van der Waals surface area contributed by atoms with Crippen LogP contribution in [-0.2, 0) is 10.0 Å². The Morgan fingerprint density at radius 3 is 2.45 bits per heavy atom. The minimum Gasteiger partial charge on any atom is -0.545 e. The number of nitrogens with one attached hydrogen (secondary N) is 1. The van der Waals surface area contributed by atoms with E-state index in [1.165, 1.54) is 18.2 Å². The maximum Gasteiger partial charge on any atom is 0.261 e. The van der Waals surface area contributed by atoms with Gasteiger partial charge >= 0.3 is 0 Å². The Morgan fingerprint density at radius 2 is 1.80 bits per heavy atom. The molecule has 0 aliphatic carbocycles. The standard InChI is InChI=1S/C13H10INO4S/c14-11-6-1-2-7-12(11)15-20(18,19)10-5-3-4-9(8-10)13(16)17/h1-8,15H,(H,16,17)/p-1. The summed E-state index contributed by atoms with van der Waals surface area (Å²) in [5.74, 6) is -1.42. The molecule has 0 radical (unpaired) electrons. The lowest BCUT2D eigenvalue weighted by Crippen LogP contribution is -2.23. The summed E-state index contributed by atoms with van der Waals surface area (Å²) in [5, 5.41) is 10.8. The van der Waals surface area contributed by atoms with Crippen LogP contribution >= 0.6 is 22.6 Å². The summed E-state index contributed by atoms with van der Waals surface area (Å²) in [6.07, 6.45) is 0. The zero-order valence-corrected chi connectivity index (χ0v) is 13.0. The minimum absolute atomic E-state index is 0.126. The SMILES string of the molecule is O=C([O-])c1cccc(S(=O)(=O)Nc2ccccc2I)c1. The second-order valence-electron chi connectivity index (χ2n) is 3.90. The van der Waals surface area contributed by atoms with Crippen molar-refractivity contribution in [1.29, 1.82) is 0 Å². The van der Waals surface area contributed by atoms with Gasteiger partial charge in [0, 0.05) is 3.57 Å². The average molecular weight is 402 g/mol. The molecule has 0 unspecified atom stereocenters. The Morgan fingerprint density at radius 1 is 1.10 bits per heavy atom. The van der Waals surface area contributed by atoms with E-state index in [1.807, 2.05) is 22.6 Å². The second-order valence-corrected chi connectivity index (χ2v) is 6.75. The third-order valence-electron chi connectivity index (χ3n) is 2.50. The molecule has 0 bridgehead atoms. The molecule has 0 aliphatic rings. The van der Waals surface area contributed by atoms with Crippen LogP contribution in [0.3, 0.4) is 0 Å². The molecule has 104 valence electrons. The van der Waals surface area contributed by atoms with Gasteiger partial charge in [-0.25, -0.2) is 8.42 Å². The fraction of sp³-hybridized carbons (Fsp3) is 0. The summed E-state index contributed by atoms with van der Waals surface area (Å²) in [7, 11) is -3.84. The van der Waals surface area contributed by atoms with Gasteiger partial charge in [0.05, 0.1) is 16.6 Å². The van der Waals surface area contributed by atoms with Crippen LogP contribution < -0.4 is 9.83 Å². The van der Waals surface area contributed by atoms with Gasteiger partial charge in [-0.15, -0.1) is 0 Å². The normalized spacial score (nSPS) is 11.1. The van der Waals surface area contributed by atoms with E-state index in [9.17, 15) is 18.3 Å². The smallest absolute Gasteiger partial charge is 0.261 e. The van der Waals surface area contributed by atoms with Crippen molar-refractivity contribution < 1.29 is 18.3 Å². The highest BCUT2D eigenvalue weighted by Crippen LogP contribution is 2.21. The predicted octanol–water partition coefficient (Wildman–Crippen LogP) is 1.46. The molecule has 7 heteroatoms. The monoisotopic (exact) mass is 402 g/mol. The Bertz CT molecular complexity index is 758. The number of hydrogen-bond donors (Lipinski definition) is 1. The Balaban J connectivity index is 2.38. The van der Waals surface area contributed by atoms with Crippen molar-refractivity contribution in [2.45, 2.75) is 4.90 Å². The summed E-state index contributed by atoms with van der Waals surface area (Å²) in [5.41, 5.74) is 0.252. The number of aromatic carboxylic acids is 1. The molecule has 2 aromatic carbocycles. The largest absolute Gasteiger partial charge is 0.545 e. The fourth-order valence-corrected chi connectivity index (χ4v) is 3.37. The molecule has 5 nitrogen and oxygen atoms in total. The molecule has 0 saturated carbocycles. The van der Waals surface area contributed by atoms with Crippen LogP contribution in [0.4, 0.5) is 5.69 Å². The van der Waals surface area contributed by atoms with E-state index < -0.39 is 16.0 Å². The van der Waals surface area contributed by atoms with Crippen LogP contribution in [0.1, 0.15) is 10.4 Å². The molecule has 2 aromatic rings. The quantitative estimate of drug-likeness (QED) is 0.785. The van der Waals surface area contributed by atoms with Crippen molar-refractivity contribution in [3.63, 3.8) is 0 Å². The number of sulfonamides is 1. The summed E-state index contributed by atoms with van der Waals surface area (Å²) < 4.78 is 27.6. The molecule has 0 heterocycles. The van der Waals surface area contributed by atoms with Crippen LogP contribution in [0.5, 0.6) is 0 Å². The van der Waals surface area contributed by atoms with Crippen LogP contribution in [0.2, 0.25) is 0 Å². The van der Waals surface area contributed by atoms with E-state index in [1.54, 1.807) is 24.3 Å². The van der Waals surface area contributed by atoms with E-state index in [0.717, 1.165) is 9.64 Å². The lowest BCUT2D eigenvalue weighted by atomic mass is 10.2. The van der Waals surface area contributed by atoms with Crippen molar-refractivity contribution in [2.75, 3.05) is 4.72 Å². The molecule has 0 aromatic heterocycles. The first-order valence-electron chi connectivity index (χ1n) is 5.49. The highest BCUT2D eigenvalue weighted by molar-refractivity contribution is 14.1. The van der Waals surface area contributed by atoms with Crippen molar-refractivity contribution in [3.05, 3.63) is 57.7 Å². The Hall–Kier alpha value is -1.61. The first-order chi connectivity index (χ1) is 9.40. The third-order valence-corrected chi connectivity index (χ3v) is 4.80. The highest BCUT2D eigenvalue weighted by atomic mass is 127. The maximum absolute atomic E-state index is 12.2. The van der Waals surface area contributed by atoms with Crippen molar-refractivity contribution in [1.82, 2.24) is 0 Å². The number of carbonyl (C=O) groups is 1. The Labute approximate surface area is 129 Å². The highest BCUT2D eigenvalue weighted by Gasteiger charge is 2.15. The average Bonchev–Trinajstić information content (AvgIpc) is 2.41. The zero-order chi connectivity index (χ0) is 14.8. The predicted molar refractivity (Wildman–Crippen MR) is 80.7 cm³/mol. The number of carboxylic acids is 1. The van der Waals surface area contributed by atoms with Crippen LogP contribution in [-0.4, -0.2) is 14.4 Å². The number of halogens is 1. The number of rotatable bonds is 4. The molecular weight excluding hydrogens is 393 g/mol. The molecule has 0 saturated heterocycles. The second kappa shape index (κ2) is 5.80. The van der Waals surface area contributed by atoms with E-state index in [2.05, 4.69) is 4.72 Å². The number of carbonyl (C=O) groups excluding carboxylic acids is 1. The summed E-state index contributed by atoms with van der Waals surface area (Å²) in [4.78, 5) is 10.6. The molecule has 0 fully saturated rings. The lowest BCUT2D eigenvalue weighted by Gasteiger charge is -2.11. The summed E-state index contributed by atoms with van der Waals surface area (Å²) in [6.45, 7) is 0. The first-order valence-corrected chi connectivity index (χ1v) is 8.05. The lowest BCUT2D eigenvalue weighted by molar-refractivity contribution is -0.255. The van der Waals surface area contributed by atoms with Crippen LogP contribution in [0.25, 0.3) is 0 Å². The van der Waals surface area contributed by atoms with Gasteiger partial charge in [-0.2, -0.15) is 0 Å². The molecule has 20 heavy (non-hydrogen) atoms. The van der Waals surface area contributed by atoms with E-state index in [4.69, 9.17) is 0 Å². The van der Waals surface area contributed by atoms with Gasteiger partial charge < -0.3 is 9.90 Å². The van der Waals surface area contributed by atoms with Gasteiger partial charge in [0.15, 0.2) is 0 Å². The van der Waals surface area contributed by atoms with E-state index in [-0.39, 0.29) is 10.5 Å². The molecule has 0 amide bonds. The first kappa shape index (κ1) is 14.8. The zero-order valence-electron chi connectivity index (χ0n) is 10.0. The van der Waals surface area contributed by atoms with Crippen LogP contribution in [0, 0.1) is 3.57 Å². The number of benzene rings is 2. The van der Waals surface area contributed by atoms with Gasteiger partial charge in [-0.1, -0.05) is 24.3 Å². The van der Waals surface area contributed by atoms with Gasteiger partial charge in [0.2, 0.25) is 0 Å². The fourth-order valence-electron chi connectivity index (χ4n) is 1.54. The van der Waals surface area contributed by atoms with Gasteiger partial charge in [0.1, 0.15) is 0 Å². The van der Waals surface area contributed by atoms with E-state index in [0.29, 0.717) is 5.69 Å². The van der Waals surface area contributed by atoms with Crippen molar-refractivity contribution >= 4 is 44.3 Å². The molecule has 0 atom stereocenters. The molecule has 0 aliphatic heterocycles. The molecule has 1 N–H and O–H groups in total.